The van der Waals surface area contributed by atoms with Crippen molar-refractivity contribution < 1.29 is 19.4 Å². The summed E-state index contributed by atoms with van der Waals surface area (Å²) in [4.78, 5) is 23.4. The maximum Gasteiger partial charge on any atom is 0.306 e. The van der Waals surface area contributed by atoms with Crippen LogP contribution in [0.15, 0.2) is 0 Å². The molecule has 0 bridgehead atoms. The number of amides is 1. The van der Waals surface area contributed by atoms with Gasteiger partial charge in [-0.05, 0) is 13.8 Å². The molecule has 15 heavy (non-hydrogen) atoms. The number of hydrogen-bond donors (Lipinski definition) is 1. The Morgan fingerprint density at radius 3 is 2.60 bits per heavy atom. The van der Waals surface area contributed by atoms with Crippen LogP contribution in [0.2, 0.25) is 0 Å². The second kappa shape index (κ2) is 4.18. The number of nitrogens with zero attached hydrogens (tertiary/aromatic N) is 1. The quantitative estimate of drug-likeness (QED) is 0.727. The van der Waals surface area contributed by atoms with Crippen LogP contribution in [0.3, 0.4) is 0 Å². The summed E-state index contributed by atoms with van der Waals surface area (Å²) in [5.74, 6) is -0.942. The van der Waals surface area contributed by atoms with Crippen molar-refractivity contribution in [2.45, 2.75) is 38.9 Å². The van der Waals surface area contributed by atoms with E-state index in [4.69, 9.17) is 9.84 Å². The van der Waals surface area contributed by atoms with Crippen LogP contribution in [0.25, 0.3) is 0 Å². The summed E-state index contributed by atoms with van der Waals surface area (Å²) in [5, 5.41) is 8.68. The van der Waals surface area contributed by atoms with E-state index in [-0.39, 0.29) is 12.3 Å². The maximum atomic E-state index is 11.2. The van der Waals surface area contributed by atoms with Gasteiger partial charge in [0.2, 0.25) is 5.91 Å². The first-order valence-electron chi connectivity index (χ1n) is 4.95. The number of carboxylic acids is 1. The van der Waals surface area contributed by atoms with Gasteiger partial charge in [0, 0.05) is 20.0 Å². The molecule has 1 amide bonds. The summed E-state index contributed by atoms with van der Waals surface area (Å²) in [6, 6.07) is 0. The highest BCUT2D eigenvalue weighted by Crippen LogP contribution is 2.22. The molecule has 1 atom stereocenters. The molecule has 86 valence electrons. The lowest BCUT2D eigenvalue weighted by Gasteiger charge is -2.42. The predicted octanol–water partition coefficient (Wildman–Crippen LogP) is 0.487. The fourth-order valence-corrected chi connectivity index (χ4v) is 1.84. The number of morpholine rings is 1. The van der Waals surface area contributed by atoms with Gasteiger partial charge < -0.3 is 14.7 Å². The van der Waals surface area contributed by atoms with Crippen LogP contribution in [0.1, 0.15) is 27.2 Å². The number of hydrogen-bond acceptors (Lipinski definition) is 3. The Balaban J connectivity index is 2.67. The van der Waals surface area contributed by atoms with Crippen LogP contribution < -0.4 is 0 Å². The van der Waals surface area contributed by atoms with E-state index in [9.17, 15) is 9.59 Å². The van der Waals surface area contributed by atoms with Gasteiger partial charge in [-0.1, -0.05) is 0 Å². The second-order valence-electron chi connectivity index (χ2n) is 4.50. The molecule has 1 aliphatic heterocycles. The molecule has 1 N–H and O–H groups in total. The summed E-state index contributed by atoms with van der Waals surface area (Å²) < 4.78 is 5.59. The molecule has 0 saturated carbocycles. The van der Waals surface area contributed by atoms with Gasteiger partial charge >= 0.3 is 5.97 Å². The van der Waals surface area contributed by atoms with Gasteiger partial charge in [0.15, 0.2) is 0 Å². The highest BCUT2D eigenvalue weighted by Gasteiger charge is 2.35. The third-order valence-electron chi connectivity index (χ3n) is 2.33. The third-order valence-corrected chi connectivity index (χ3v) is 2.33. The molecule has 1 aliphatic rings. The molecule has 1 unspecified atom stereocenters. The zero-order chi connectivity index (χ0) is 11.6. The van der Waals surface area contributed by atoms with E-state index in [2.05, 4.69) is 0 Å². The first-order valence-corrected chi connectivity index (χ1v) is 4.95. The summed E-state index contributed by atoms with van der Waals surface area (Å²) in [5.41, 5.74) is -0.468. The smallest absolute Gasteiger partial charge is 0.306 e. The molecular formula is C10H17NO4. The Morgan fingerprint density at radius 1 is 1.53 bits per heavy atom. The molecule has 1 rings (SSSR count). The van der Waals surface area contributed by atoms with E-state index in [1.807, 2.05) is 13.8 Å². The van der Waals surface area contributed by atoms with E-state index in [1.54, 1.807) is 4.90 Å². The minimum atomic E-state index is -0.902. The zero-order valence-corrected chi connectivity index (χ0v) is 9.32. The molecule has 0 aromatic heterocycles. The van der Waals surface area contributed by atoms with Crippen molar-refractivity contribution in [2.24, 2.45) is 0 Å². The van der Waals surface area contributed by atoms with Crippen molar-refractivity contribution in [1.82, 2.24) is 4.90 Å². The van der Waals surface area contributed by atoms with Gasteiger partial charge in [0.05, 0.1) is 18.1 Å². The molecule has 0 aromatic rings. The molecule has 5 heteroatoms. The lowest BCUT2D eigenvalue weighted by atomic mass is 10.0. The first kappa shape index (κ1) is 12.0. The Hall–Kier alpha value is -1.10. The molecule has 5 nitrogen and oxygen atoms in total. The standard InChI is InChI=1S/C10H17NO4/c1-7(12)11-5-8(4-9(13)14)15-10(2,3)6-11/h8H,4-6H2,1-3H3,(H,13,14). The highest BCUT2D eigenvalue weighted by atomic mass is 16.5. The molecule has 1 fully saturated rings. The van der Waals surface area contributed by atoms with Crippen LogP contribution in [-0.2, 0) is 14.3 Å². The van der Waals surface area contributed by atoms with Crippen molar-refractivity contribution >= 4 is 11.9 Å². The number of carbonyl (C=O) groups is 2. The van der Waals surface area contributed by atoms with Crippen LogP contribution in [0.5, 0.6) is 0 Å². The van der Waals surface area contributed by atoms with Gasteiger partial charge in [-0.25, -0.2) is 0 Å². The Morgan fingerprint density at radius 2 is 2.13 bits per heavy atom. The van der Waals surface area contributed by atoms with Crippen molar-refractivity contribution in [2.75, 3.05) is 13.1 Å². The molecule has 0 spiro atoms. The fraction of sp³-hybridized carbons (Fsp3) is 0.800. The van der Waals surface area contributed by atoms with Gasteiger partial charge in [-0.15, -0.1) is 0 Å². The molecular weight excluding hydrogens is 198 g/mol. The van der Waals surface area contributed by atoms with E-state index in [0.717, 1.165) is 0 Å². The van der Waals surface area contributed by atoms with E-state index in [1.165, 1.54) is 6.92 Å². The Labute approximate surface area is 89.0 Å². The highest BCUT2D eigenvalue weighted by molar-refractivity contribution is 5.73. The van der Waals surface area contributed by atoms with E-state index >= 15 is 0 Å². The number of ether oxygens (including phenoxy) is 1. The molecule has 0 radical (unpaired) electrons. The summed E-state index contributed by atoms with van der Waals surface area (Å²) in [6.07, 6.45) is -0.470. The number of carbonyl (C=O) groups excluding carboxylic acids is 1. The van der Waals surface area contributed by atoms with Crippen molar-refractivity contribution in [1.29, 1.82) is 0 Å². The lowest BCUT2D eigenvalue weighted by molar-refractivity contribution is -0.167. The first-order chi connectivity index (χ1) is 6.80. The van der Waals surface area contributed by atoms with Gasteiger partial charge in [0.25, 0.3) is 0 Å². The van der Waals surface area contributed by atoms with Gasteiger partial charge in [-0.3, -0.25) is 9.59 Å². The van der Waals surface area contributed by atoms with Crippen molar-refractivity contribution in [3.63, 3.8) is 0 Å². The Kier molecular flexibility index (Phi) is 3.34. The Bertz CT molecular complexity index is 275. The summed E-state index contributed by atoms with van der Waals surface area (Å²) in [7, 11) is 0. The zero-order valence-electron chi connectivity index (χ0n) is 9.32. The normalized spacial score (nSPS) is 25.0. The number of rotatable bonds is 2. The molecule has 0 aromatic carbocycles. The van der Waals surface area contributed by atoms with E-state index in [0.29, 0.717) is 13.1 Å². The topological polar surface area (TPSA) is 66.8 Å². The van der Waals surface area contributed by atoms with Crippen LogP contribution in [0.4, 0.5) is 0 Å². The maximum absolute atomic E-state index is 11.2. The molecule has 0 aliphatic carbocycles. The minimum absolute atomic E-state index is 0.0400. The van der Waals surface area contributed by atoms with Crippen molar-refractivity contribution in [3.05, 3.63) is 0 Å². The SMILES string of the molecule is CC(=O)N1CC(CC(=O)O)OC(C)(C)C1. The summed E-state index contributed by atoms with van der Waals surface area (Å²) >= 11 is 0. The minimum Gasteiger partial charge on any atom is -0.481 e. The largest absolute Gasteiger partial charge is 0.481 e. The predicted molar refractivity (Wildman–Crippen MR) is 53.5 cm³/mol. The van der Waals surface area contributed by atoms with Gasteiger partial charge in [0.1, 0.15) is 0 Å². The molecule has 1 heterocycles. The fourth-order valence-electron chi connectivity index (χ4n) is 1.84. The average Bonchev–Trinajstić information content (AvgIpc) is 1.98. The third kappa shape index (κ3) is 3.51. The van der Waals surface area contributed by atoms with Crippen LogP contribution in [-0.4, -0.2) is 46.7 Å². The molecule has 1 saturated heterocycles. The van der Waals surface area contributed by atoms with E-state index < -0.39 is 17.7 Å². The summed E-state index contributed by atoms with van der Waals surface area (Å²) in [6.45, 7) is 6.08. The number of carboxylic acid groups (broad SMARTS) is 1. The lowest BCUT2D eigenvalue weighted by Crippen LogP contribution is -2.54. The van der Waals surface area contributed by atoms with Crippen molar-refractivity contribution in [3.8, 4) is 0 Å². The average molecular weight is 215 g/mol. The van der Waals surface area contributed by atoms with Gasteiger partial charge in [-0.2, -0.15) is 0 Å². The van der Waals surface area contributed by atoms with Crippen LogP contribution in [0, 0.1) is 0 Å². The van der Waals surface area contributed by atoms with Crippen LogP contribution >= 0.6 is 0 Å². The second-order valence-corrected chi connectivity index (χ2v) is 4.50. The monoisotopic (exact) mass is 215 g/mol. The number of aliphatic carboxylic acids is 1.